The molecule has 0 unspecified atom stereocenters. The first-order chi connectivity index (χ1) is 12.6. The molecule has 1 aromatic rings. The highest BCUT2D eigenvalue weighted by molar-refractivity contribution is 7.84. The average molecular weight is 420 g/mol. The first-order valence-corrected chi connectivity index (χ1v) is 9.52. The summed E-state index contributed by atoms with van der Waals surface area (Å²) in [6.07, 6.45) is 0. The third-order valence-electron chi connectivity index (χ3n) is 3.43. The summed E-state index contributed by atoms with van der Waals surface area (Å²) in [5, 5.41) is 9.76. The van der Waals surface area contributed by atoms with E-state index in [1.807, 2.05) is 0 Å². The fourth-order valence-corrected chi connectivity index (χ4v) is 3.74. The largest absolute Gasteiger partial charge is 0.398 e. The molecule has 0 aliphatic carbocycles. The monoisotopic (exact) mass is 420 g/mol. The molecule has 1 aliphatic rings. The molecule has 1 fully saturated rings. The summed E-state index contributed by atoms with van der Waals surface area (Å²) in [6.45, 7) is 0.869. The van der Waals surface area contributed by atoms with Crippen molar-refractivity contribution >= 4 is 50.2 Å². The second-order valence-corrected chi connectivity index (χ2v) is 7.44. The van der Waals surface area contributed by atoms with Crippen LogP contribution in [-0.4, -0.2) is 71.4 Å². The van der Waals surface area contributed by atoms with Gasteiger partial charge in [0.05, 0.1) is 6.04 Å². The van der Waals surface area contributed by atoms with Gasteiger partial charge in [-0.1, -0.05) is 5.16 Å². The Bertz CT molecular complexity index is 896. The van der Waals surface area contributed by atoms with E-state index in [1.165, 1.54) is 19.4 Å². The van der Waals surface area contributed by atoms with Crippen LogP contribution in [0.25, 0.3) is 0 Å². The van der Waals surface area contributed by atoms with Crippen molar-refractivity contribution in [3.05, 3.63) is 11.1 Å². The molecule has 148 valence electrons. The van der Waals surface area contributed by atoms with E-state index in [0.29, 0.717) is 0 Å². The molecule has 0 radical (unpaired) electrons. The van der Waals surface area contributed by atoms with E-state index >= 15 is 0 Å². The lowest BCUT2D eigenvalue weighted by molar-refractivity contribution is -0.145. The van der Waals surface area contributed by atoms with Gasteiger partial charge in [0.25, 0.3) is 11.8 Å². The summed E-state index contributed by atoms with van der Waals surface area (Å²) in [4.78, 5) is 44.1. The van der Waals surface area contributed by atoms with E-state index < -0.39 is 40.1 Å². The number of hydrogen-bond donors (Lipinski definition) is 4. The van der Waals surface area contributed by atoms with Crippen molar-refractivity contribution in [2.45, 2.75) is 19.0 Å². The molecule has 1 saturated heterocycles. The topological polar surface area (TPSA) is 193 Å². The smallest absolute Gasteiger partial charge is 0.362 e. The molecule has 5 N–H and O–H groups in total. The summed E-state index contributed by atoms with van der Waals surface area (Å²) < 4.78 is 32.0. The summed E-state index contributed by atoms with van der Waals surface area (Å²) in [6, 6.07) is -2.55. The van der Waals surface area contributed by atoms with Gasteiger partial charge in [0, 0.05) is 18.8 Å². The number of hydrogen-bond acceptors (Lipinski definition) is 10. The SMILES string of the molecule is CON=C(C(=O)N[C@@H]1C(=O)N(S(=O)(=O)O)[C@@H]1CNC(C)=O)c1csc(N)n1. The van der Waals surface area contributed by atoms with Gasteiger partial charge in [-0.3, -0.25) is 18.9 Å². The molecule has 15 heteroatoms. The maximum atomic E-state index is 12.5. The molecule has 3 amide bonds. The molecular weight excluding hydrogens is 404 g/mol. The van der Waals surface area contributed by atoms with Gasteiger partial charge in [-0.25, -0.2) is 9.29 Å². The fraction of sp³-hybridized carbons (Fsp3) is 0.417. The van der Waals surface area contributed by atoms with Crippen molar-refractivity contribution in [1.82, 2.24) is 19.9 Å². The number of nitrogen functional groups attached to an aromatic ring is 1. The Balaban J connectivity index is 2.22. The second-order valence-electron chi connectivity index (χ2n) is 5.26. The lowest BCUT2D eigenvalue weighted by Gasteiger charge is -2.44. The molecule has 0 saturated carbocycles. The molecule has 27 heavy (non-hydrogen) atoms. The standard InChI is InChI=1S/C12H16N6O7S2/c1-5(19)14-3-7-9(11(21)18(7)27(22,23)24)16-10(20)8(17-25-2)6-4-26-12(13)15-6/h4,7,9H,3H2,1-2H3,(H2,13,15)(H,14,19)(H,16,20)(H,22,23,24)/t7-,9+/m1/s1. The van der Waals surface area contributed by atoms with Crippen LogP contribution >= 0.6 is 11.3 Å². The number of anilines is 1. The van der Waals surface area contributed by atoms with Gasteiger partial charge in [0.2, 0.25) is 5.91 Å². The minimum Gasteiger partial charge on any atom is -0.398 e. The van der Waals surface area contributed by atoms with E-state index in [0.717, 1.165) is 11.3 Å². The second kappa shape index (κ2) is 7.85. The van der Waals surface area contributed by atoms with Gasteiger partial charge in [-0.05, 0) is 0 Å². The molecule has 0 bridgehead atoms. The highest BCUT2D eigenvalue weighted by atomic mass is 32.2. The van der Waals surface area contributed by atoms with Gasteiger partial charge < -0.3 is 21.2 Å². The van der Waals surface area contributed by atoms with Crippen molar-refractivity contribution in [3.63, 3.8) is 0 Å². The van der Waals surface area contributed by atoms with Crippen LogP contribution in [0, 0.1) is 0 Å². The maximum absolute atomic E-state index is 12.5. The van der Waals surface area contributed by atoms with Crippen molar-refractivity contribution in [2.24, 2.45) is 5.16 Å². The summed E-state index contributed by atoms with van der Waals surface area (Å²) >= 11 is 1.05. The minimum absolute atomic E-state index is 0.0914. The number of rotatable bonds is 7. The van der Waals surface area contributed by atoms with Gasteiger partial charge in [-0.2, -0.15) is 8.42 Å². The number of nitrogens with one attached hydrogen (secondary N) is 2. The molecular formula is C12H16N6O7S2. The normalized spacial score (nSPS) is 20.0. The van der Waals surface area contributed by atoms with Gasteiger partial charge in [-0.15, -0.1) is 11.3 Å². The molecule has 1 aliphatic heterocycles. The van der Waals surface area contributed by atoms with Crippen LogP contribution < -0.4 is 16.4 Å². The molecule has 2 atom stereocenters. The zero-order valence-electron chi connectivity index (χ0n) is 14.1. The van der Waals surface area contributed by atoms with Crippen LogP contribution in [0.15, 0.2) is 10.5 Å². The Labute approximate surface area is 157 Å². The quantitative estimate of drug-likeness (QED) is 0.162. The molecule has 13 nitrogen and oxygen atoms in total. The van der Waals surface area contributed by atoms with Crippen LogP contribution in [0.2, 0.25) is 0 Å². The lowest BCUT2D eigenvalue weighted by Crippen LogP contribution is -2.74. The van der Waals surface area contributed by atoms with Crippen molar-refractivity contribution in [1.29, 1.82) is 0 Å². The molecule has 1 aromatic heterocycles. The number of carbonyl (C=O) groups excluding carboxylic acids is 3. The van der Waals surface area contributed by atoms with Gasteiger partial charge in [0.1, 0.15) is 18.8 Å². The van der Waals surface area contributed by atoms with Crippen LogP contribution in [0.1, 0.15) is 12.6 Å². The van der Waals surface area contributed by atoms with E-state index in [1.54, 1.807) is 0 Å². The molecule has 2 heterocycles. The number of nitrogens with two attached hydrogens (primary N) is 1. The Morgan fingerprint density at radius 3 is 2.67 bits per heavy atom. The van der Waals surface area contributed by atoms with E-state index in [2.05, 4.69) is 25.6 Å². The Morgan fingerprint density at radius 1 is 1.52 bits per heavy atom. The van der Waals surface area contributed by atoms with Gasteiger partial charge >= 0.3 is 10.3 Å². The van der Waals surface area contributed by atoms with E-state index in [4.69, 9.17) is 10.3 Å². The molecule has 0 spiro atoms. The number of oxime groups is 1. The number of carbonyl (C=O) groups is 3. The molecule has 2 rings (SSSR count). The van der Waals surface area contributed by atoms with Crippen LogP contribution in [-0.2, 0) is 29.5 Å². The van der Waals surface area contributed by atoms with Crippen LogP contribution in [0.3, 0.4) is 0 Å². The zero-order chi connectivity index (χ0) is 20.4. The number of β-lactam (4-membered cyclic amide) rings is 1. The third kappa shape index (κ3) is 4.50. The Kier molecular flexibility index (Phi) is 5.97. The number of aromatic nitrogens is 1. The first-order valence-electron chi connectivity index (χ1n) is 7.24. The van der Waals surface area contributed by atoms with Crippen molar-refractivity contribution in [2.75, 3.05) is 19.4 Å². The fourth-order valence-electron chi connectivity index (χ4n) is 2.31. The van der Waals surface area contributed by atoms with Crippen molar-refractivity contribution in [3.8, 4) is 0 Å². The maximum Gasteiger partial charge on any atom is 0.362 e. The molecule has 0 aromatic carbocycles. The number of thiazole rings is 1. The van der Waals surface area contributed by atoms with Crippen LogP contribution in [0.5, 0.6) is 0 Å². The average Bonchev–Trinajstić information content (AvgIpc) is 2.98. The Hall–Kier alpha value is -2.78. The summed E-state index contributed by atoms with van der Waals surface area (Å²) in [7, 11) is -3.67. The third-order valence-corrected chi connectivity index (χ3v) is 5.05. The predicted molar refractivity (Wildman–Crippen MR) is 92.9 cm³/mol. The summed E-state index contributed by atoms with van der Waals surface area (Å²) in [5.74, 6) is -2.45. The minimum atomic E-state index is -4.86. The van der Waals surface area contributed by atoms with E-state index in [-0.39, 0.29) is 27.4 Å². The van der Waals surface area contributed by atoms with E-state index in [9.17, 15) is 22.8 Å². The Morgan fingerprint density at radius 2 is 2.19 bits per heavy atom. The predicted octanol–water partition coefficient (Wildman–Crippen LogP) is -2.29. The van der Waals surface area contributed by atoms with Gasteiger partial charge in [0.15, 0.2) is 10.8 Å². The number of nitrogens with zero attached hydrogens (tertiary/aromatic N) is 3. The number of amides is 3. The first kappa shape index (κ1) is 20.5. The zero-order valence-corrected chi connectivity index (χ0v) is 15.7. The van der Waals surface area contributed by atoms with Crippen LogP contribution in [0.4, 0.5) is 5.13 Å². The highest BCUT2D eigenvalue weighted by Crippen LogP contribution is 2.23. The lowest BCUT2D eigenvalue weighted by atomic mass is 9.98. The highest BCUT2D eigenvalue weighted by Gasteiger charge is 2.54. The van der Waals surface area contributed by atoms with Crippen molar-refractivity contribution < 1.29 is 32.2 Å². The summed E-state index contributed by atoms with van der Waals surface area (Å²) in [5.41, 5.74) is 5.32.